The lowest BCUT2D eigenvalue weighted by Gasteiger charge is -2.26. The van der Waals surface area contributed by atoms with E-state index in [1.807, 2.05) is 0 Å². The zero-order valence-electron chi connectivity index (χ0n) is 15.3. The van der Waals surface area contributed by atoms with Gasteiger partial charge < -0.3 is 14.2 Å². The molecule has 1 aliphatic heterocycles. The van der Waals surface area contributed by atoms with Gasteiger partial charge >= 0.3 is 5.97 Å². The summed E-state index contributed by atoms with van der Waals surface area (Å²) < 4.78 is 56.3. The van der Waals surface area contributed by atoms with Crippen molar-refractivity contribution in [1.29, 1.82) is 0 Å². The normalized spacial score (nSPS) is 15.1. The van der Waals surface area contributed by atoms with Gasteiger partial charge in [0.15, 0.2) is 0 Å². The van der Waals surface area contributed by atoms with Crippen LogP contribution in [0.5, 0.6) is 5.75 Å². The molecule has 0 saturated carbocycles. The van der Waals surface area contributed by atoms with E-state index in [0.29, 0.717) is 10.8 Å². The minimum atomic E-state index is -3.86. The summed E-state index contributed by atoms with van der Waals surface area (Å²) in [5.41, 5.74) is -0.461. The smallest absolute Gasteiger partial charge is 0.341 e. The van der Waals surface area contributed by atoms with Crippen molar-refractivity contribution in [1.82, 2.24) is 4.31 Å². The van der Waals surface area contributed by atoms with Crippen molar-refractivity contribution in [2.24, 2.45) is 0 Å². The first-order valence-corrected chi connectivity index (χ1v) is 10.6. The van der Waals surface area contributed by atoms with Crippen molar-refractivity contribution in [3.8, 4) is 5.75 Å². The fourth-order valence-electron chi connectivity index (χ4n) is 2.68. The van der Waals surface area contributed by atoms with Gasteiger partial charge in [-0.05, 0) is 30.3 Å². The summed E-state index contributed by atoms with van der Waals surface area (Å²) in [5.74, 6) is -1.43. The van der Waals surface area contributed by atoms with Crippen LogP contribution in [0.2, 0.25) is 5.02 Å². The van der Waals surface area contributed by atoms with E-state index in [-0.39, 0.29) is 44.4 Å². The average Bonchev–Trinajstić information content (AvgIpc) is 2.73. The monoisotopic (exact) mass is 443 g/mol. The lowest BCUT2D eigenvalue weighted by atomic mass is 10.2. The fraction of sp³-hybridized carbons (Fsp3) is 0.316. The quantitative estimate of drug-likeness (QED) is 0.483. The molecule has 0 aromatic heterocycles. The number of hydrogen-bond acceptors (Lipinski definition) is 6. The molecule has 1 fully saturated rings. The third kappa shape index (κ3) is 5.24. The highest BCUT2D eigenvalue weighted by atomic mass is 35.5. The molecule has 0 bridgehead atoms. The Bertz CT molecular complexity index is 978. The van der Waals surface area contributed by atoms with Crippen molar-refractivity contribution in [2.75, 3.05) is 39.5 Å². The highest BCUT2D eigenvalue weighted by molar-refractivity contribution is 7.89. The molecule has 0 atom stereocenters. The summed E-state index contributed by atoms with van der Waals surface area (Å²) in [5, 5.41) is 0.408. The highest BCUT2D eigenvalue weighted by Crippen LogP contribution is 2.23. The van der Waals surface area contributed by atoms with Gasteiger partial charge in [0.05, 0.1) is 28.7 Å². The predicted molar refractivity (Wildman–Crippen MR) is 103 cm³/mol. The molecule has 7 nitrogen and oxygen atoms in total. The molecule has 10 heteroatoms. The van der Waals surface area contributed by atoms with E-state index < -0.39 is 27.4 Å². The Morgan fingerprint density at radius 2 is 1.86 bits per heavy atom. The van der Waals surface area contributed by atoms with Crippen LogP contribution < -0.4 is 4.74 Å². The molecule has 0 unspecified atom stereocenters. The van der Waals surface area contributed by atoms with Crippen molar-refractivity contribution in [3.05, 3.63) is 58.9 Å². The second-order valence-corrected chi connectivity index (χ2v) is 8.42. The molecule has 0 amide bonds. The van der Waals surface area contributed by atoms with E-state index in [4.69, 9.17) is 25.8 Å². The van der Waals surface area contributed by atoms with Gasteiger partial charge in [-0.15, -0.1) is 0 Å². The maximum absolute atomic E-state index is 14.1. The first kappa shape index (κ1) is 21.5. The lowest BCUT2D eigenvalue weighted by Crippen LogP contribution is -2.40. The van der Waals surface area contributed by atoms with Crippen LogP contribution in [0.15, 0.2) is 47.4 Å². The molecule has 1 aliphatic rings. The van der Waals surface area contributed by atoms with Gasteiger partial charge in [-0.1, -0.05) is 23.7 Å². The molecular weight excluding hydrogens is 425 g/mol. The van der Waals surface area contributed by atoms with Crippen molar-refractivity contribution in [3.63, 3.8) is 0 Å². The van der Waals surface area contributed by atoms with Crippen LogP contribution in [-0.4, -0.2) is 58.2 Å². The highest BCUT2D eigenvalue weighted by Gasteiger charge is 2.28. The van der Waals surface area contributed by atoms with E-state index in [2.05, 4.69) is 0 Å². The SMILES string of the molecule is O=C(OCCOc1ccccc1Cl)c1cc(S(=O)(=O)N2CCOCC2)ccc1F. The first-order chi connectivity index (χ1) is 13.9. The Hall–Kier alpha value is -2.20. The number of hydrogen-bond donors (Lipinski definition) is 0. The first-order valence-electron chi connectivity index (χ1n) is 8.81. The second kappa shape index (κ2) is 9.53. The van der Waals surface area contributed by atoms with Crippen molar-refractivity contribution in [2.45, 2.75) is 4.90 Å². The summed E-state index contributed by atoms with van der Waals surface area (Å²) in [7, 11) is -3.86. The zero-order valence-corrected chi connectivity index (χ0v) is 16.9. The van der Waals surface area contributed by atoms with E-state index >= 15 is 0 Å². The fourth-order valence-corrected chi connectivity index (χ4v) is 4.31. The van der Waals surface area contributed by atoms with Gasteiger partial charge in [-0.2, -0.15) is 4.31 Å². The average molecular weight is 444 g/mol. The molecule has 1 saturated heterocycles. The van der Waals surface area contributed by atoms with Crippen LogP contribution in [0.25, 0.3) is 0 Å². The number of esters is 1. The van der Waals surface area contributed by atoms with Gasteiger partial charge in [0.1, 0.15) is 24.8 Å². The topological polar surface area (TPSA) is 82.1 Å². The number of ether oxygens (including phenoxy) is 3. The van der Waals surface area contributed by atoms with Crippen LogP contribution in [0.4, 0.5) is 4.39 Å². The summed E-state index contributed by atoms with van der Waals surface area (Å²) >= 11 is 5.96. The Kier molecular flexibility index (Phi) is 7.07. The zero-order chi connectivity index (χ0) is 20.9. The lowest BCUT2D eigenvalue weighted by molar-refractivity contribution is 0.0445. The maximum atomic E-state index is 14.1. The number of rotatable bonds is 7. The number of carbonyl (C=O) groups excluding carboxylic acids is 1. The minimum Gasteiger partial charge on any atom is -0.488 e. The number of morpholine rings is 1. The van der Waals surface area contributed by atoms with Crippen LogP contribution >= 0.6 is 11.6 Å². The second-order valence-electron chi connectivity index (χ2n) is 6.07. The summed E-state index contributed by atoms with van der Waals surface area (Å²) in [6.45, 7) is 0.784. The molecular formula is C19H19ClFNO6S. The number of sulfonamides is 1. The van der Waals surface area contributed by atoms with E-state index in [1.54, 1.807) is 24.3 Å². The summed E-state index contributed by atoms with van der Waals surface area (Å²) in [6, 6.07) is 9.83. The minimum absolute atomic E-state index is 0.00284. The van der Waals surface area contributed by atoms with Gasteiger partial charge in [0.2, 0.25) is 10.0 Å². The van der Waals surface area contributed by atoms with E-state index in [0.717, 1.165) is 18.2 Å². The van der Waals surface area contributed by atoms with Crippen LogP contribution in [0, 0.1) is 5.82 Å². The maximum Gasteiger partial charge on any atom is 0.341 e. The molecule has 0 radical (unpaired) electrons. The van der Waals surface area contributed by atoms with Gasteiger partial charge in [0.25, 0.3) is 0 Å². The number of benzene rings is 2. The number of carbonyl (C=O) groups is 1. The van der Waals surface area contributed by atoms with Crippen molar-refractivity contribution >= 4 is 27.6 Å². The molecule has 2 aromatic carbocycles. The Morgan fingerprint density at radius 3 is 2.59 bits per heavy atom. The molecule has 0 spiro atoms. The van der Waals surface area contributed by atoms with E-state index in [9.17, 15) is 17.6 Å². The summed E-state index contributed by atoms with van der Waals surface area (Å²) in [4.78, 5) is 12.0. The number of para-hydroxylation sites is 1. The van der Waals surface area contributed by atoms with Crippen molar-refractivity contribution < 1.29 is 31.8 Å². The van der Waals surface area contributed by atoms with Gasteiger partial charge in [0, 0.05) is 13.1 Å². The Morgan fingerprint density at radius 1 is 1.14 bits per heavy atom. The van der Waals surface area contributed by atoms with Crippen LogP contribution in [0.1, 0.15) is 10.4 Å². The predicted octanol–water partition coefficient (Wildman–Crippen LogP) is 2.74. The van der Waals surface area contributed by atoms with Gasteiger partial charge in [-0.3, -0.25) is 0 Å². The standard InChI is InChI=1S/C19H19ClFNO6S/c20-16-3-1-2-4-18(16)27-11-12-28-19(23)15-13-14(5-6-17(15)21)29(24,25)22-7-9-26-10-8-22/h1-6,13H,7-12H2. The molecule has 3 rings (SSSR count). The molecule has 156 valence electrons. The summed E-state index contributed by atoms with van der Waals surface area (Å²) in [6.07, 6.45) is 0. The van der Waals surface area contributed by atoms with Crippen LogP contribution in [0.3, 0.4) is 0 Å². The van der Waals surface area contributed by atoms with Gasteiger partial charge in [-0.25, -0.2) is 17.6 Å². The third-order valence-electron chi connectivity index (χ3n) is 4.18. The number of nitrogens with zero attached hydrogens (tertiary/aromatic N) is 1. The Balaban J connectivity index is 1.64. The molecule has 0 aliphatic carbocycles. The molecule has 2 aromatic rings. The molecule has 1 heterocycles. The Labute approximate surface area is 173 Å². The largest absolute Gasteiger partial charge is 0.488 e. The van der Waals surface area contributed by atoms with E-state index in [1.165, 1.54) is 4.31 Å². The van der Waals surface area contributed by atoms with Crippen LogP contribution in [-0.2, 0) is 19.5 Å². The third-order valence-corrected chi connectivity index (χ3v) is 6.38. The molecule has 0 N–H and O–H groups in total. The molecule has 29 heavy (non-hydrogen) atoms. The number of halogens is 2.